The first kappa shape index (κ1) is 8.57. The Labute approximate surface area is 79.2 Å². The largest absolute Gasteiger partial charge is 0.198 e. The van der Waals surface area contributed by atoms with Crippen molar-refractivity contribution in [1.82, 2.24) is 0 Å². The van der Waals surface area contributed by atoms with Crippen molar-refractivity contribution in [1.29, 1.82) is 10.5 Å². The lowest BCUT2D eigenvalue weighted by molar-refractivity contribution is 0.259. The Morgan fingerprint density at radius 3 is 2.62 bits per heavy atom. The maximum Gasteiger partial charge on any atom is 0.0661 e. The summed E-state index contributed by atoms with van der Waals surface area (Å²) in [5, 5.41) is 17.5. The van der Waals surface area contributed by atoms with Crippen molar-refractivity contribution in [2.75, 3.05) is 0 Å². The first-order valence-electron chi connectivity index (χ1n) is 5.13. The van der Waals surface area contributed by atoms with Crippen LogP contribution in [0.4, 0.5) is 0 Å². The van der Waals surface area contributed by atoms with Gasteiger partial charge in [-0.2, -0.15) is 10.5 Å². The molecule has 2 aliphatic carbocycles. The van der Waals surface area contributed by atoms with E-state index in [9.17, 15) is 0 Å². The number of nitriles is 2. The molecule has 2 aliphatic rings. The maximum atomic E-state index is 9.02. The molecule has 4 atom stereocenters. The average molecular weight is 174 g/mol. The van der Waals surface area contributed by atoms with Crippen LogP contribution in [0.1, 0.15) is 32.1 Å². The predicted octanol–water partition coefficient (Wildman–Crippen LogP) is 2.48. The quantitative estimate of drug-likeness (QED) is 0.645. The SMILES string of the molecule is N#CCC[C@H]1[C@@H]2CC[C@@H](C2)[C@H]1C#N. The molecule has 2 heteroatoms. The van der Waals surface area contributed by atoms with Gasteiger partial charge in [-0.3, -0.25) is 0 Å². The van der Waals surface area contributed by atoms with Gasteiger partial charge < -0.3 is 0 Å². The Bertz CT molecular complexity index is 271. The predicted molar refractivity (Wildman–Crippen MR) is 48.3 cm³/mol. The Morgan fingerprint density at radius 1 is 1.15 bits per heavy atom. The lowest BCUT2D eigenvalue weighted by Crippen LogP contribution is -2.20. The van der Waals surface area contributed by atoms with Gasteiger partial charge in [0.1, 0.15) is 0 Å². The van der Waals surface area contributed by atoms with Crippen LogP contribution in [0.5, 0.6) is 0 Å². The summed E-state index contributed by atoms with van der Waals surface area (Å²) >= 11 is 0. The molecule has 0 heterocycles. The van der Waals surface area contributed by atoms with Gasteiger partial charge in [-0.15, -0.1) is 0 Å². The highest BCUT2D eigenvalue weighted by Gasteiger charge is 2.47. The number of nitrogens with zero attached hydrogens (tertiary/aromatic N) is 2. The molecular formula is C11H14N2. The fraction of sp³-hybridized carbons (Fsp3) is 0.818. The van der Waals surface area contributed by atoms with E-state index in [1.54, 1.807) is 0 Å². The third-order valence-electron chi connectivity index (χ3n) is 3.83. The first-order chi connectivity index (χ1) is 6.36. The van der Waals surface area contributed by atoms with Crippen molar-refractivity contribution in [3.8, 4) is 12.1 Å². The summed E-state index contributed by atoms with van der Waals surface area (Å²) in [4.78, 5) is 0. The molecule has 68 valence electrons. The van der Waals surface area contributed by atoms with Crippen molar-refractivity contribution in [2.24, 2.45) is 23.7 Å². The zero-order valence-corrected chi connectivity index (χ0v) is 7.74. The molecule has 0 N–H and O–H groups in total. The molecule has 2 bridgehead atoms. The van der Waals surface area contributed by atoms with E-state index in [-0.39, 0.29) is 5.92 Å². The third kappa shape index (κ3) is 1.31. The van der Waals surface area contributed by atoms with Gasteiger partial charge in [0.05, 0.1) is 18.1 Å². The molecule has 0 aromatic carbocycles. The second kappa shape index (κ2) is 3.38. The van der Waals surface area contributed by atoms with E-state index in [0.29, 0.717) is 18.3 Å². The Balaban J connectivity index is 2.02. The van der Waals surface area contributed by atoms with Crippen LogP contribution in [0, 0.1) is 46.3 Å². The number of hydrogen-bond donors (Lipinski definition) is 0. The lowest BCUT2D eigenvalue weighted by atomic mass is 9.78. The summed E-state index contributed by atoms with van der Waals surface area (Å²) in [6, 6.07) is 4.63. The molecule has 0 aromatic heterocycles. The van der Waals surface area contributed by atoms with Crippen LogP contribution in [0.15, 0.2) is 0 Å². The molecule has 2 fully saturated rings. The maximum absolute atomic E-state index is 9.02. The van der Waals surface area contributed by atoms with E-state index >= 15 is 0 Å². The Kier molecular flexibility index (Phi) is 2.23. The first-order valence-corrected chi connectivity index (χ1v) is 5.13. The van der Waals surface area contributed by atoms with E-state index in [0.717, 1.165) is 12.3 Å². The number of fused-ring (bicyclic) bond motifs is 2. The third-order valence-corrected chi connectivity index (χ3v) is 3.83. The van der Waals surface area contributed by atoms with Crippen LogP contribution in [-0.4, -0.2) is 0 Å². The molecular weight excluding hydrogens is 160 g/mol. The van der Waals surface area contributed by atoms with E-state index < -0.39 is 0 Å². The van der Waals surface area contributed by atoms with Gasteiger partial charge in [-0.05, 0) is 43.4 Å². The molecule has 2 rings (SSSR count). The van der Waals surface area contributed by atoms with Crippen molar-refractivity contribution in [2.45, 2.75) is 32.1 Å². The van der Waals surface area contributed by atoms with Crippen LogP contribution in [0.2, 0.25) is 0 Å². The zero-order chi connectivity index (χ0) is 9.26. The molecule has 0 aromatic rings. The topological polar surface area (TPSA) is 47.6 Å². The van der Waals surface area contributed by atoms with Gasteiger partial charge in [0.15, 0.2) is 0 Å². The second-order valence-corrected chi connectivity index (χ2v) is 4.35. The van der Waals surface area contributed by atoms with Gasteiger partial charge in [0.2, 0.25) is 0 Å². The molecule has 2 saturated carbocycles. The highest BCUT2D eigenvalue weighted by molar-refractivity contribution is 5.05. The molecule has 0 saturated heterocycles. The summed E-state index contributed by atoms with van der Waals surface area (Å²) in [6.07, 6.45) is 5.40. The normalized spacial score (nSPS) is 41.4. The fourth-order valence-electron chi connectivity index (χ4n) is 3.26. The summed E-state index contributed by atoms with van der Waals surface area (Å²) < 4.78 is 0. The summed E-state index contributed by atoms with van der Waals surface area (Å²) in [5.74, 6) is 2.25. The van der Waals surface area contributed by atoms with Crippen LogP contribution in [0.25, 0.3) is 0 Å². The molecule has 0 radical (unpaired) electrons. The molecule has 0 unspecified atom stereocenters. The van der Waals surface area contributed by atoms with Crippen molar-refractivity contribution in [3.05, 3.63) is 0 Å². The monoisotopic (exact) mass is 174 g/mol. The van der Waals surface area contributed by atoms with Crippen molar-refractivity contribution in [3.63, 3.8) is 0 Å². The Hall–Kier alpha value is -1.02. The van der Waals surface area contributed by atoms with Gasteiger partial charge >= 0.3 is 0 Å². The van der Waals surface area contributed by atoms with Crippen LogP contribution < -0.4 is 0 Å². The second-order valence-electron chi connectivity index (χ2n) is 4.35. The van der Waals surface area contributed by atoms with Crippen molar-refractivity contribution < 1.29 is 0 Å². The molecule has 0 amide bonds. The molecule has 0 spiro atoms. The van der Waals surface area contributed by atoms with Gasteiger partial charge in [0, 0.05) is 6.42 Å². The minimum absolute atomic E-state index is 0.270. The highest BCUT2D eigenvalue weighted by Crippen LogP contribution is 2.53. The minimum Gasteiger partial charge on any atom is -0.198 e. The van der Waals surface area contributed by atoms with Gasteiger partial charge in [0.25, 0.3) is 0 Å². The highest BCUT2D eigenvalue weighted by atomic mass is 14.5. The molecule has 0 aliphatic heterocycles. The number of hydrogen-bond acceptors (Lipinski definition) is 2. The standard InChI is InChI=1S/C11H14N2/c12-5-1-2-10-8-3-4-9(6-8)11(10)7-13/h8-11H,1-4,6H2/t8-,9+,10+,11-/m1/s1. The lowest BCUT2D eigenvalue weighted by Gasteiger charge is -2.25. The van der Waals surface area contributed by atoms with E-state index in [4.69, 9.17) is 10.5 Å². The zero-order valence-electron chi connectivity index (χ0n) is 7.74. The van der Waals surface area contributed by atoms with Gasteiger partial charge in [-0.1, -0.05) is 0 Å². The minimum atomic E-state index is 0.270. The van der Waals surface area contributed by atoms with Crippen molar-refractivity contribution >= 4 is 0 Å². The average Bonchev–Trinajstić information content (AvgIpc) is 2.73. The van der Waals surface area contributed by atoms with E-state index in [1.807, 2.05) is 0 Å². The Morgan fingerprint density at radius 2 is 1.92 bits per heavy atom. The molecule has 13 heavy (non-hydrogen) atoms. The van der Waals surface area contributed by atoms with Crippen LogP contribution >= 0.6 is 0 Å². The summed E-state index contributed by atoms with van der Waals surface area (Å²) in [5.41, 5.74) is 0. The molecule has 2 nitrogen and oxygen atoms in total. The summed E-state index contributed by atoms with van der Waals surface area (Å²) in [7, 11) is 0. The van der Waals surface area contributed by atoms with E-state index in [2.05, 4.69) is 12.1 Å². The number of rotatable bonds is 2. The van der Waals surface area contributed by atoms with Gasteiger partial charge in [-0.25, -0.2) is 0 Å². The fourth-order valence-corrected chi connectivity index (χ4v) is 3.26. The van der Waals surface area contributed by atoms with Crippen LogP contribution in [0.3, 0.4) is 0 Å². The smallest absolute Gasteiger partial charge is 0.0661 e. The van der Waals surface area contributed by atoms with E-state index in [1.165, 1.54) is 19.3 Å². The summed E-state index contributed by atoms with van der Waals surface area (Å²) in [6.45, 7) is 0. The van der Waals surface area contributed by atoms with Crippen LogP contribution in [-0.2, 0) is 0 Å².